The van der Waals surface area contributed by atoms with Gasteiger partial charge in [-0.15, -0.1) is 0 Å². The maximum atomic E-state index is 12.9. The molecule has 3 aromatic carbocycles. The topological polar surface area (TPSA) is 97.4 Å². The molecule has 32 heavy (non-hydrogen) atoms. The van der Waals surface area contributed by atoms with Gasteiger partial charge in [-0.2, -0.15) is 4.37 Å². The molecular weight excluding hydrogens is 446 g/mol. The molecule has 0 bridgehead atoms. The first-order chi connectivity index (χ1) is 15.5. The van der Waals surface area contributed by atoms with Crippen molar-refractivity contribution in [1.29, 1.82) is 0 Å². The first-order valence-electron chi connectivity index (χ1n) is 9.84. The Kier molecular flexibility index (Phi) is 6.50. The van der Waals surface area contributed by atoms with E-state index in [-0.39, 0.29) is 22.8 Å². The van der Waals surface area contributed by atoms with Gasteiger partial charge in [-0.05, 0) is 59.9 Å². The quantitative estimate of drug-likeness (QED) is 0.407. The molecule has 4 rings (SSSR count). The maximum absolute atomic E-state index is 12.9. The predicted molar refractivity (Wildman–Crippen MR) is 126 cm³/mol. The van der Waals surface area contributed by atoms with Crippen LogP contribution in [0.2, 0.25) is 0 Å². The minimum Gasteiger partial charge on any atom is -0.495 e. The highest BCUT2D eigenvalue weighted by Gasteiger charge is 2.21. The first-order valence-corrected chi connectivity index (χ1v) is 12.1. The number of sulfonamides is 1. The van der Waals surface area contributed by atoms with Gasteiger partial charge in [-0.3, -0.25) is 4.79 Å². The lowest BCUT2D eigenvalue weighted by Crippen LogP contribution is -2.27. The van der Waals surface area contributed by atoms with Crippen molar-refractivity contribution in [1.82, 2.24) is 9.10 Å². The van der Waals surface area contributed by atoms with Gasteiger partial charge in [-0.1, -0.05) is 30.3 Å². The number of nitrogens with zero attached hydrogens (tertiary/aromatic N) is 1. The number of carbonyl (C=O) groups is 1. The molecule has 1 heterocycles. The number of ether oxygens (including phenoxy) is 1. The van der Waals surface area contributed by atoms with E-state index in [9.17, 15) is 13.2 Å². The highest BCUT2D eigenvalue weighted by Crippen LogP contribution is 2.26. The fourth-order valence-corrected chi connectivity index (χ4v) is 5.08. The maximum Gasteiger partial charge on any atom is 0.255 e. The first kappa shape index (κ1) is 21.9. The third kappa shape index (κ3) is 4.96. The van der Waals surface area contributed by atoms with Crippen LogP contribution in [0.3, 0.4) is 0 Å². The molecule has 0 unspecified atom stereocenters. The molecular formula is C23H21N3O4S2. The second-order valence-corrected chi connectivity index (χ2v) is 9.60. The predicted octanol–water partition coefficient (Wildman–Crippen LogP) is 4.08. The van der Waals surface area contributed by atoms with E-state index >= 15 is 0 Å². The standard InChI is InChI=1S/C23H21N3O4S2/c1-30-20-9-7-17(23(27)26-19-8-10-21-18(13-19)15-24-31-21)14-22(20)32(28,29)25-12-11-16-5-3-2-4-6-16/h2-10,13-15,25H,11-12H2,1H3,(H,26,27). The number of carbonyl (C=O) groups excluding carboxylic acids is 1. The van der Waals surface area contributed by atoms with Crippen LogP contribution in [0.4, 0.5) is 5.69 Å². The smallest absolute Gasteiger partial charge is 0.255 e. The normalized spacial score (nSPS) is 11.4. The van der Waals surface area contributed by atoms with Crippen LogP contribution in [0.5, 0.6) is 5.75 Å². The van der Waals surface area contributed by atoms with Crippen molar-refractivity contribution in [2.75, 3.05) is 19.0 Å². The minimum absolute atomic E-state index is 0.0850. The number of aromatic nitrogens is 1. The summed E-state index contributed by atoms with van der Waals surface area (Å²) in [4.78, 5) is 12.7. The largest absolute Gasteiger partial charge is 0.495 e. The van der Waals surface area contributed by atoms with Crippen LogP contribution in [-0.2, 0) is 16.4 Å². The zero-order valence-corrected chi connectivity index (χ0v) is 18.9. The summed E-state index contributed by atoms with van der Waals surface area (Å²) in [6.45, 7) is 0.223. The van der Waals surface area contributed by atoms with Crippen molar-refractivity contribution in [3.8, 4) is 5.75 Å². The van der Waals surface area contributed by atoms with Crippen LogP contribution >= 0.6 is 11.5 Å². The van der Waals surface area contributed by atoms with E-state index < -0.39 is 15.9 Å². The number of hydrogen-bond acceptors (Lipinski definition) is 6. The van der Waals surface area contributed by atoms with Gasteiger partial charge in [0.2, 0.25) is 10.0 Å². The van der Waals surface area contributed by atoms with Gasteiger partial charge in [-0.25, -0.2) is 13.1 Å². The van der Waals surface area contributed by atoms with Gasteiger partial charge >= 0.3 is 0 Å². The Morgan fingerprint density at radius 3 is 2.66 bits per heavy atom. The van der Waals surface area contributed by atoms with E-state index in [4.69, 9.17) is 4.74 Å². The van der Waals surface area contributed by atoms with E-state index in [0.717, 1.165) is 15.6 Å². The van der Waals surface area contributed by atoms with Gasteiger partial charge in [0.1, 0.15) is 10.6 Å². The summed E-state index contributed by atoms with van der Waals surface area (Å²) in [5.74, 6) is -0.254. The Morgan fingerprint density at radius 1 is 1.06 bits per heavy atom. The molecule has 7 nitrogen and oxygen atoms in total. The van der Waals surface area contributed by atoms with Crippen LogP contribution < -0.4 is 14.8 Å². The lowest BCUT2D eigenvalue weighted by Gasteiger charge is -2.13. The summed E-state index contributed by atoms with van der Waals surface area (Å²) in [7, 11) is -2.49. The molecule has 1 aromatic heterocycles. The Morgan fingerprint density at radius 2 is 1.88 bits per heavy atom. The van der Waals surface area contributed by atoms with Crippen LogP contribution in [0.25, 0.3) is 10.1 Å². The number of fused-ring (bicyclic) bond motifs is 1. The third-order valence-corrected chi connectivity index (χ3v) is 7.14. The van der Waals surface area contributed by atoms with Crippen LogP contribution in [0, 0.1) is 0 Å². The van der Waals surface area contributed by atoms with Gasteiger partial charge in [0.05, 0.1) is 11.8 Å². The molecule has 4 aromatic rings. The van der Waals surface area contributed by atoms with E-state index in [1.54, 1.807) is 12.3 Å². The molecule has 0 aliphatic heterocycles. The number of nitrogens with one attached hydrogen (secondary N) is 2. The van der Waals surface area contributed by atoms with Crippen LogP contribution in [0.15, 0.2) is 77.8 Å². The number of rotatable bonds is 8. The summed E-state index contributed by atoms with van der Waals surface area (Å²) in [5.41, 5.74) is 1.83. The average Bonchev–Trinajstić information content (AvgIpc) is 3.27. The van der Waals surface area contributed by atoms with Crippen molar-refractivity contribution < 1.29 is 17.9 Å². The summed E-state index contributed by atoms with van der Waals surface area (Å²) in [6, 6.07) is 19.4. The van der Waals surface area contributed by atoms with Gasteiger partial charge in [0.25, 0.3) is 5.91 Å². The van der Waals surface area contributed by atoms with E-state index in [2.05, 4.69) is 14.4 Å². The molecule has 1 amide bonds. The van der Waals surface area contributed by atoms with Crippen molar-refractivity contribution in [3.05, 3.63) is 84.1 Å². The SMILES string of the molecule is COc1ccc(C(=O)Nc2ccc3sncc3c2)cc1S(=O)(=O)NCCc1ccccc1. The van der Waals surface area contributed by atoms with Crippen molar-refractivity contribution in [2.24, 2.45) is 0 Å². The van der Waals surface area contributed by atoms with Gasteiger partial charge in [0, 0.05) is 29.4 Å². The molecule has 2 N–H and O–H groups in total. The Bertz CT molecular complexity index is 1350. The minimum atomic E-state index is -3.89. The summed E-state index contributed by atoms with van der Waals surface area (Å²) >= 11 is 1.37. The molecule has 0 atom stereocenters. The second-order valence-electron chi connectivity index (χ2n) is 7.03. The van der Waals surface area contributed by atoms with Crippen molar-refractivity contribution in [2.45, 2.75) is 11.3 Å². The summed E-state index contributed by atoms with van der Waals surface area (Å²) in [6.07, 6.45) is 2.28. The number of methoxy groups -OCH3 is 1. The summed E-state index contributed by atoms with van der Waals surface area (Å²) < 4.78 is 38.8. The average molecular weight is 468 g/mol. The Labute approximate surface area is 190 Å². The number of amides is 1. The number of anilines is 1. The van der Waals surface area contributed by atoms with Gasteiger partial charge in [0.15, 0.2) is 0 Å². The Hall–Kier alpha value is -3.27. The van der Waals surface area contributed by atoms with Crippen molar-refractivity contribution in [3.63, 3.8) is 0 Å². The summed E-state index contributed by atoms with van der Waals surface area (Å²) in [5, 5.41) is 3.73. The molecule has 0 aliphatic rings. The third-order valence-electron chi connectivity index (χ3n) is 4.87. The lowest BCUT2D eigenvalue weighted by atomic mass is 10.2. The highest BCUT2D eigenvalue weighted by molar-refractivity contribution is 7.89. The van der Waals surface area contributed by atoms with Crippen molar-refractivity contribution >= 4 is 43.2 Å². The fraction of sp³-hybridized carbons (Fsp3) is 0.130. The molecule has 0 radical (unpaired) electrons. The van der Waals surface area contributed by atoms with Crippen LogP contribution in [0.1, 0.15) is 15.9 Å². The molecule has 0 fully saturated rings. The molecule has 164 valence electrons. The number of benzene rings is 3. The zero-order chi connectivity index (χ0) is 22.6. The monoisotopic (exact) mass is 467 g/mol. The van der Waals surface area contributed by atoms with E-state index in [0.29, 0.717) is 12.1 Å². The van der Waals surface area contributed by atoms with E-state index in [1.807, 2.05) is 42.5 Å². The number of hydrogen-bond donors (Lipinski definition) is 2. The fourth-order valence-electron chi connectivity index (χ4n) is 3.23. The second kappa shape index (κ2) is 9.47. The van der Waals surface area contributed by atoms with Crippen LogP contribution in [-0.4, -0.2) is 32.4 Å². The van der Waals surface area contributed by atoms with Gasteiger partial charge < -0.3 is 10.1 Å². The molecule has 0 aliphatic carbocycles. The molecule has 0 saturated carbocycles. The Balaban J connectivity index is 1.52. The zero-order valence-electron chi connectivity index (χ0n) is 17.2. The van der Waals surface area contributed by atoms with E-state index in [1.165, 1.54) is 36.8 Å². The highest BCUT2D eigenvalue weighted by atomic mass is 32.2. The molecule has 0 saturated heterocycles. The molecule has 9 heteroatoms. The lowest BCUT2D eigenvalue weighted by molar-refractivity contribution is 0.102. The molecule has 0 spiro atoms.